The van der Waals surface area contributed by atoms with Gasteiger partial charge in [-0.25, -0.2) is 0 Å². The van der Waals surface area contributed by atoms with E-state index in [0.29, 0.717) is 0 Å². The zero-order chi connectivity index (χ0) is 31.2. The quantitative estimate of drug-likeness (QED) is 0.207. The van der Waals surface area contributed by atoms with Crippen LogP contribution in [-0.2, 0) is 52.4 Å². The van der Waals surface area contributed by atoms with E-state index in [0.717, 1.165) is 0 Å². The number of hydrogen-bond acceptors (Lipinski definition) is 12. The summed E-state index contributed by atoms with van der Waals surface area (Å²) in [5, 5.41) is 12.4. The van der Waals surface area contributed by atoms with Crippen molar-refractivity contribution in [1.29, 1.82) is 0 Å². The van der Waals surface area contributed by atoms with Gasteiger partial charge in [-0.1, -0.05) is 32.9 Å². The molecule has 0 aromatic heterocycles. The fourth-order valence-electron chi connectivity index (χ4n) is 7.26. The van der Waals surface area contributed by atoms with Crippen LogP contribution in [0, 0.1) is 23.2 Å². The molecule has 12 nitrogen and oxygen atoms in total. The average molecular weight is 595 g/mol. The van der Waals surface area contributed by atoms with Gasteiger partial charge in [0.25, 0.3) is 0 Å². The van der Waals surface area contributed by atoms with Crippen molar-refractivity contribution in [2.75, 3.05) is 6.61 Å². The van der Waals surface area contributed by atoms with E-state index in [4.69, 9.17) is 28.4 Å². The molecule has 4 rings (SSSR count). The molecule has 2 aliphatic heterocycles. The molecule has 4 aliphatic rings. The number of aliphatic hydroxyl groups is 1. The van der Waals surface area contributed by atoms with E-state index < -0.39 is 88.8 Å². The topological polar surface area (TPSA) is 164 Å². The van der Waals surface area contributed by atoms with Crippen molar-refractivity contribution in [3.63, 3.8) is 0 Å². The van der Waals surface area contributed by atoms with Crippen LogP contribution in [0.4, 0.5) is 0 Å². The zero-order valence-corrected chi connectivity index (χ0v) is 25.2. The zero-order valence-electron chi connectivity index (χ0n) is 25.2. The normalized spacial score (nSPS) is 40.8. The van der Waals surface area contributed by atoms with Gasteiger partial charge in [0, 0.05) is 51.4 Å². The minimum absolute atomic E-state index is 0.00194. The maximum absolute atomic E-state index is 13.0. The molecule has 234 valence electrons. The predicted molar refractivity (Wildman–Crippen MR) is 143 cm³/mol. The summed E-state index contributed by atoms with van der Waals surface area (Å²) in [6.45, 7) is 10.7. The molecule has 10 unspecified atom stereocenters. The molecule has 2 heterocycles. The van der Waals surface area contributed by atoms with E-state index in [2.05, 4.69) is 0 Å². The molecular formula is C30H42O12. The van der Waals surface area contributed by atoms with E-state index >= 15 is 0 Å². The summed E-state index contributed by atoms with van der Waals surface area (Å²) in [6, 6.07) is 0. The van der Waals surface area contributed by atoms with Gasteiger partial charge in [-0.15, -0.1) is 0 Å². The lowest BCUT2D eigenvalue weighted by molar-refractivity contribution is -0.251. The summed E-state index contributed by atoms with van der Waals surface area (Å²) >= 11 is 0. The molecule has 0 amide bonds. The first kappa shape index (κ1) is 31.9. The SMILES string of the molecule is CC(=O)OC1CC=CCC2OC(=O)C(C)C2(O)C(OC(C)=O)C2C1(C)CC(OC(=O)CC(C)C)C(OC(C)=O)C21CO1. The van der Waals surface area contributed by atoms with Crippen molar-refractivity contribution >= 4 is 29.8 Å². The first-order valence-electron chi connectivity index (χ1n) is 14.5. The Hall–Kier alpha value is -2.99. The van der Waals surface area contributed by atoms with Crippen molar-refractivity contribution in [2.24, 2.45) is 23.2 Å². The Kier molecular flexibility index (Phi) is 8.82. The van der Waals surface area contributed by atoms with Gasteiger partial charge in [0.15, 0.2) is 11.7 Å². The molecular weight excluding hydrogens is 552 g/mol. The van der Waals surface area contributed by atoms with Crippen LogP contribution in [0.15, 0.2) is 12.2 Å². The van der Waals surface area contributed by atoms with Gasteiger partial charge in [0.1, 0.15) is 30.0 Å². The number of rotatable bonds is 6. The van der Waals surface area contributed by atoms with Gasteiger partial charge in [-0.2, -0.15) is 0 Å². The summed E-state index contributed by atoms with van der Waals surface area (Å²) in [5.74, 6) is -5.24. The van der Waals surface area contributed by atoms with Crippen LogP contribution in [0.2, 0.25) is 0 Å². The average Bonchev–Trinajstić information content (AvgIpc) is 3.60. The van der Waals surface area contributed by atoms with Crippen molar-refractivity contribution in [1.82, 2.24) is 0 Å². The first-order valence-corrected chi connectivity index (χ1v) is 14.5. The highest BCUT2D eigenvalue weighted by molar-refractivity contribution is 5.77. The van der Waals surface area contributed by atoms with Crippen LogP contribution < -0.4 is 0 Å². The van der Waals surface area contributed by atoms with Crippen LogP contribution in [0.3, 0.4) is 0 Å². The Morgan fingerprint density at radius 1 is 0.976 bits per heavy atom. The van der Waals surface area contributed by atoms with Crippen molar-refractivity contribution in [3.8, 4) is 0 Å². The van der Waals surface area contributed by atoms with E-state index in [1.807, 2.05) is 13.8 Å². The highest BCUT2D eigenvalue weighted by Gasteiger charge is 2.77. The molecule has 0 bridgehead atoms. The summed E-state index contributed by atoms with van der Waals surface area (Å²) in [5.41, 5.74) is -4.65. The number of ether oxygens (including phenoxy) is 6. The highest BCUT2D eigenvalue weighted by atomic mass is 16.7. The summed E-state index contributed by atoms with van der Waals surface area (Å²) in [4.78, 5) is 63.4. The number of hydrogen-bond donors (Lipinski definition) is 1. The Labute approximate surface area is 245 Å². The monoisotopic (exact) mass is 594 g/mol. The van der Waals surface area contributed by atoms with Gasteiger partial charge in [0.05, 0.1) is 12.5 Å². The third kappa shape index (κ3) is 5.67. The van der Waals surface area contributed by atoms with Crippen LogP contribution >= 0.6 is 0 Å². The molecule has 2 aliphatic carbocycles. The van der Waals surface area contributed by atoms with E-state index in [1.54, 1.807) is 19.1 Å². The second-order valence-corrected chi connectivity index (χ2v) is 12.7. The Bertz CT molecular complexity index is 1140. The van der Waals surface area contributed by atoms with Crippen LogP contribution in [0.5, 0.6) is 0 Å². The number of esters is 5. The Balaban J connectivity index is 1.96. The second-order valence-electron chi connectivity index (χ2n) is 12.7. The smallest absolute Gasteiger partial charge is 0.312 e. The third-order valence-corrected chi connectivity index (χ3v) is 9.11. The van der Waals surface area contributed by atoms with Crippen LogP contribution in [-0.4, -0.2) is 83.3 Å². The molecule has 0 aromatic rings. The largest absolute Gasteiger partial charge is 0.462 e. The van der Waals surface area contributed by atoms with Gasteiger partial charge in [-0.05, 0) is 19.3 Å². The fraction of sp³-hybridized carbons (Fsp3) is 0.767. The number of carbonyl (C=O) groups excluding carboxylic acids is 5. The van der Waals surface area contributed by atoms with Crippen molar-refractivity contribution < 1.29 is 57.5 Å². The fourth-order valence-corrected chi connectivity index (χ4v) is 7.26. The van der Waals surface area contributed by atoms with Gasteiger partial charge in [0.2, 0.25) is 0 Å². The molecule has 0 radical (unpaired) electrons. The predicted octanol–water partition coefficient (Wildman–Crippen LogP) is 2.18. The molecule has 1 saturated carbocycles. The minimum atomic E-state index is -2.03. The molecule has 10 atom stereocenters. The summed E-state index contributed by atoms with van der Waals surface area (Å²) in [7, 11) is 0. The second kappa shape index (κ2) is 11.6. The van der Waals surface area contributed by atoms with E-state index in [9.17, 15) is 29.1 Å². The van der Waals surface area contributed by atoms with E-state index in [1.165, 1.54) is 27.7 Å². The lowest BCUT2D eigenvalue weighted by atomic mass is 9.52. The molecule has 1 N–H and O–H groups in total. The number of epoxide rings is 1. The lowest BCUT2D eigenvalue weighted by Gasteiger charge is -2.57. The van der Waals surface area contributed by atoms with Gasteiger partial charge < -0.3 is 33.5 Å². The summed E-state index contributed by atoms with van der Waals surface area (Å²) < 4.78 is 35.3. The van der Waals surface area contributed by atoms with Crippen molar-refractivity contribution in [3.05, 3.63) is 12.2 Å². The van der Waals surface area contributed by atoms with Gasteiger partial charge in [-0.3, -0.25) is 24.0 Å². The first-order chi connectivity index (χ1) is 19.6. The number of carbonyl (C=O) groups is 5. The maximum Gasteiger partial charge on any atom is 0.312 e. The lowest BCUT2D eigenvalue weighted by Crippen LogP contribution is -2.71. The Morgan fingerprint density at radius 3 is 2.10 bits per heavy atom. The third-order valence-electron chi connectivity index (χ3n) is 9.11. The molecule has 1 spiro atoms. The minimum Gasteiger partial charge on any atom is -0.462 e. The Morgan fingerprint density at radius 2 is 1.55 bits per heavy atom. The molecule has 2 saturated heterocycles. The van der Waals surface area contributed by atoms with Gasteiger partial charge >= 0.3 is 29.8 Å². The standard InChI is InChI=1S/C30H42O12/c1-15(2)12-23(34)41-20-13-28(7)21(38-17(4)31)10-8-9-11-22-30(36,16(3)27(35)42-22)26(40-19(6)33)24(28)29(14-37-29)25(20)39-18(5)32/h8-9,15-16,20-22,24-26,36H,10-14H2,1-7H3. The summed E-state index contributed by atoms with van der Waals surface area (Å²) in [6.07, 6.45) is -1.59. The molecule has 42 heavy (non-hydrogen) atoms. The van der Waals surface area contributed by atoms with Crippen LogP contribution in [0.25, 0.3) is 0 Å². The van der Waals surface area contributed by atoms with Crippen LogP contribution in [0.1, 0.15) is 74.1 Å². The molecule has 3 fully saturated rings. The molecule has 0 aromatic carbocycles. The highest BCUT2D eigenvalue weighted by Crippen LogP contribution is 2.62. The number of fused-ring (bicyclic) bond motifs is 3. The van der Waals surface area contributed by atoms with E-state index in [-0.39, 0.29) is 38.2 Å². The van der Waals surface area contributed by atoms with Crippen molar-refractivity contribution in [2.45, 2.75) is 116 Å². The maximum atomic E-state index is 13.0. The molecule has 12 heteroatoms.